The van der Waals surface area contributed by atoms with E-state index in [0.29, 0.717) is 6.42 Å². The lowest BCUT2D eigenvalue weighted by Crippen LogP contribution is -2.40. The van der Waals surface area contributed by atoms with Crippen LogP contribution < -0.4 is 10.6 Å². The Morgan fingerprint density at radius 3 is 2.32 bits per heavy atom. The van der Waals surface area contributed by atoms with Crippen LogP contribution in [-0.4, -0.2) is 68.7 Å². The molecule has 2 aliphatic rings. The van der Waals surface area contributed by atoms with Gasteiger partial charge in [-0.25, -0.2) is 9.59 Å². The molecule has 1 aliphatic carbocycles. The molecule has 4 rings (SSSR count). The van der Waals surface area contributed by atoms with Crippen molar-refractivity contribution >= 4 is 18.0 Å². The Bertz CT molecular complexity index is 1010. The van der Waals surface area contributed by atoms with Crippen LogP contribution >= 0.6 is 0 Å². The normalized spacial score (nSPS) is 19.7. The molecule has 3 atom stereocenters. The predicted octanol–water partition coefficient (Wildman–Crippen LogP) is 2.15. The van der Waals surface area contributed by atoms with Gasteiger partial charge in [-0.05, 0) is 28.7 Å². The Morgan fingerprint density at radius 1 is 1.06 bits per heavy atom. The maximum absolute atomic E-state index is 12.3. The van der Waals surface area contributed by atoms with Gasteiger partial charge in [0.25, 0.3) is 0 Å². The summed E-state index contributed by atoms with van der Waals surface area (Å²) >= 11 is 0. The SMILES string of the molecule is COC(CNC(=O)[C@@H]1CO[C@H](CNC(=O)OCC2c3ccccc3-c3ccccc32)C1)C(=O)O. The second-order valence-electron chi connectivity index (χ2n) is 8.40. The summed E-state index contributed by atoms with van der Waals surface area (Å²) < 4.78 is 15.9. The molecular formula is C25H28N2O7. The third-order valence-corrected chi connectivity index (χ3v) is 6.29. The fourth-order valence-electron chi connectivity index (χ4n) is 4.49. The number of nitrogens with one attached hydrogen (secondary N) is 2. The molecule has 0 radical (unpaired) electrons. The highest BCUT2D eigenvalue weighted by atomic mass is 16.5. The van der Waals surface area contributed by atoms with Crippen LogP contribution in [0.25, 0.3) is 11.1 Å². The number of methoxy groups -OCH3 is 1. The van der Waals surface area contributed by atoms with Gasteiger partial charge < -0.3 is 30.0 Å². The third-order valence-electron chi connectivity index (χ3n) is 6.29. The highest BCUT2D eigenvalue weighted by molar-refractivity contribution is 5.81. The molecule has 9 nitrogen and oxygen atoms in total. The zero-order valence-corrected chi connectivity index (χ0v) is 18.9. The van der Waals surface area contributed by atoms with Crippen molar-refractivity contribution in [3.63, 3.8) is 0 Å². The molecule has 1 fully saturated rings. The molecule has 0 bridgehead atoms. The molecule has 0 spiro atoms. The van der Waals surface area contributed by atoms with Crippen LogP contribution in [0.1, 0.15) is 23.5 Å². The lowest BCUT2D eigenvalue weighted by Gasteiger charge is -2.16. The minimum absolute atomic E-state index is 0.0179. The van der Waals surface area contributed by atoms with E-state index in [1.165, 1.54) is 7.11 Å². The number of amides is 2. The lowest BCUT2D eigenvalue weighted by atomic mass is 9.98. The van der Waals surface area contributed by atoms with Gasteiger partial charge in [0.2, 0.25) is 5.91 Å². The van der Waals surface area contributed by atoms with Gasteiger partial charge in [-0.15, -0.1) is 0 Å². The number of rotatable bonds is 9. The zero-order chi connectivity index (χ0) is 24.1. The fourth-order valence-corrected chi connectivity index (χ4v) is 4.49. The lowest BCUT2D eigenvalue weighted by molar-refractivity contribution is -0.148. The first-order chi connectivity index (χ1) is 16.5. The molecule has 9 heteroatoms. The highest BCUT2D eigenvalue weighted by Crippen LogP contribution is 2.44. The standard InChI is InChI=1S/C25H28N2O7/c1-32-22(24(29)30)12-26-23(28)15-10-16(33-13-15)11-27-25(31)34-14-21-19-8-4-2-6-17(19)18-7-3-5-9-20(18)21/h2-9,15-16,21-22H,10-14H2,1H3,(H,26,28)(H,27,31)(H,29,30)/t15-,16-,22?/m0/s1. The Balaban J connectivity index is 1.22. The first-order valence-corrected chi connectivity index (χ1v) is 11.2. The minimum Gasteiger partial charge on any atom is -0.479 e. The van der Waals surface area contributed by atoms with Gasteiger partial charge in [0, 0.05) is 19.6 Å². The smallest absolute Gasteiger partial charge is 0.407 e. The van der Waals surface area contributed by atoms with Crippen molar-refractivity contribution in [1.82, 2.24) is 10.6 Å². The second-order valence-corrected chi connectivity index (χ2v) is 8.40. The van der Waals surface area contributed by atoms with Crippen molar-refractivity contribution in [2.45, 2.75) is 24.5 Å². The number of hydrogen-bond acceptors (Lipinski definition) is 6. The van der Waals surface area contributed by atoms with Crippen LogP contribution in [0, 0.1) is 5.92 Å². The van der Waals surface area contributed by atoms with Crippen LogP contribution in [0.4, 0.5) is 4.79 Å². The Kier molecular flexibility index (Phi) is 7.44. The van der Waals surface area contributed by atoms with Gasteiger partial charge in [0.15, 0.2) is 6.10 Å². The molecule has 180 valence electrons. The van der Waals surface area contributed by atoms with E-state index in [4.69, 9.17) is 19.3 Å². The number of carboxylic acid groups (broad SMARTS) is 1. The largest absolute Gasteiger partial charge is 0.479 e. The van der Waals surface area contributed by atoms with Crippen molar-refractivity contribution in [3.8, 4) is 11.1 Å². The van der Waals surface area contributed by atoms with E-state index in [9.17, 15) is 14.4 Å². The van der Waals surface area contributed by atoms with Crippen molar-refractivity contribution < 1.29 is 33.7 Å². The summed E-state index contributed by atoms with van der Waals surface area (Å²) in [5.74, 6) is -1.88. The molecule has 1 heterocycles. The number of aliphatic carboxylic acids is 1. The number of carboxylic acids is 1. The van der Waals surface area contributed by atoms with Gasteiger partial charge in [0.1, 0.15) is 6.61 Å². The molecule has 2 aromatic carbocycles. The Morgan fingerprint density at radius 2 is 1.71 bits per heavy atom. The van der Waals surface area contributed by atoms with E-state index >= 15 is 0 Å². The van der Waals surface area contributed by atoms with Crippen LogP contribution in [0.15, 0.2) is 48.5 Å². The summed E-state index contributed by atoms with van der Waals surface area (Å²) in [6.45, 7) is 0.522. The molecule has 2 amide bonds. The van der Waals surface area contributed by atoms with Crippen LogP contribution in [0.5, 0.6) is 0 Å². The zero-order valence-electron chi connectivity index (χ0n) is 18.9. The molecule has 1 aliphatic heterocycles. The molecule has 34 heavy (non-hydrogen) atoms. The number of ether oxygens (including phenoxy) is 3. The number of carbonyl (C=O) groups is 3. The Labute approximate surface area is 197 Å². The van der Waals surface area contributed by atoms with Crippen molar-refractivity contribution in [2.24, 2.45) is 5.92 Å². The van der Waals surface area contributed by atoms with E-state index in [0.717, 1.165) is 22.3 Å². The first kappa shape index (κ1) is 23.7. The van der Waals surface area contributed by atoms with E-state index in [2.05, 4.69) is 34.9 Å². The van der Waals surface area contributed by atoms with E-state index in [1.54, 1.807) is 0 Å². The van der Waals surface area contributed by atoms with Gasteiger partial charge in [-0.2, -0.15) is 0 Å². The van der Waals surface area contributed by atoms with Crippen LogP contribution in [0.3, 0.4) is 0 Å². The summed E-state index contributed by atoms with van der Waals surface area (Å²) in [5.41, 5.74) is 4.61. The fraction of sp³-hybridized carbons (Fsp3) is 0.400. The maximum Gasteiger partial charge on any atom is 0.407 e. The first-order valence-electron chi connectivity index (χ1n) is 11.2. The van der Waals surface area contributed by atoms with Gasteiger partial charge in [-0.1, -0.05) is 48.5 Å². The van der Waals surface area contributed by atoms with Gasteiger partial charge >= 0.3 is 12.1 Å². The average molecular weight is 469 g/mol. The minimum atomic E-state index is -1.14. The van der Waals surface area contributed by atoms with Gasteiger partial charge in [-0.3, -0.25) is 4.79 Å². The molecule has 3 N–H and O–H groups in total. The third kappa shape index (κ3) is 5.21. The second kappa shape index (κ2) is 10.7. The van der Waals surface area contributed by atoms with Crippen LogP contribution in [-0.2, 0) is 23.8 Å². The summed E-state index contributed by atoms with van der Waals surface area (Å²) in [4.78, 5) is 35.6. The van der Waals surface area contributed by atoms with E-state index in [1.807, 2.05) is 24.3 Å². The Hall–Kier alpha value is -3.43. The molecule has 2 aromatic rings. The highest BCUT2D eigenvalue weighted by Gasteiger charge is 2.32. The van der Waals surface area contributed by atoms with E-state index in [-0.39, 0.29) is 44.2 Å². The quantitative estimate of drug-likeness (QED) is 0.515. The van der Waals surface area contributed by atoms with E-state index < -0.39 is 24.1 Å². The number of alkyl carbamates (subject to hydrolysis) is 1. The predicted molar refractivity (Wildman–Crippen MR) is 122 cm³/mol. The number of hydrogen-bond donors (Lipinski definition) is 3. The topological polar surface area (TPSA) is 123 Å². The van der Waals surface area contributed by atoms with Crippen molar-refractivity contribution in [1.29, 1.82) is 0 Å². The number of carbonyl (C=O) groups excluding carboxylic acids is 2. The number of benzene rings is 2. The molecular weight excluding hydrogens is 440 g/mol. The van der Waals surface area contributed by atoms with Crippen molar-refractivity contribution in [3.05, 3.63) is 59.7 Å². The summed E-state index contributed by atoms with van der Waals surface area (Å²) in [5, 5.41) is 14.3. The number of fused-ring (bicyclic) bond motifs is 3. The molecule has 1 saturated heterocycles. The monoisotopic (exact) mass is 468 g/mol. The maximum atomic E-state index is 12.3. The van der Waals surface area contributed by atoms with Crippen molar-refractivity contribution in [2.75, 3.05) is 33.4 Å². The summed E-state index contributed by atoms with van der Waals surface area (Å²) in [6.07, 6.45) is -1.55. The average Bonchev–Trinajstić information content (AvgIpc) is 3.44. The summed E-state index contributed by atoms with van der Waals surface area (Å²) in [6, 6.07) is 16.3. The molecule has 0 aromatic heterocycles. The summed E-state index contributed by atoms with van der Waals surface area (Å²) in [7, 11) is 1.27. The van der Waals surface area contributed by atoms with Crippen LogP contribution in [0.2, 0.25) is 0 Å². The molecule has 1 unspecified atom stereocenters. The van der Waals surface area contributed by atoms with Gasteiger partial charge in [0.05, 0.1) is 25.2 Å². The molecule has 0 saturated carbocycles.